The Balaban J connectivity index is 2.70. The Labute approximate surface area is 93.1 Å². The Morgan fingerprint density at radius 1 is 1.38 bits per heavy atom. The van der Waals surface area contributed by atoms with Gasteiger partial charge in [-0.1, -0.05) is 0 Å². The van der Waals surface area contributed by atoms with E-state index in [0.717, 1.165) is 19.4 Å². The second-order valence-electron chi connectivity index (χ2n) is 2.69. The van der Waals surface area contributed by atoms with E-state index in [4.69, 9.17) is 11.6 Å². The molecule has 1 aromatic carbocycles. The smallest absolute Gasteiger partial charge is 0.131 e. The Bertz CT molecular complexity index is 413. The summed E-state index contributed by atoms with van der Waals surface area (Å²) < 4.78 is 1.79. The fourth-order valence-corrected chi connectivity index (χ4v) is 2.70. The van der Waals surface area contributed by atoms with Crippen molar-refractivity contribution in [3.8, 4) is 5.75 Å². The minimum atomic E-state index is 0.274. The molecule has 1 N–H and O–H groups in total. The number of phenolic OH excluding ortho intramolecular Hbond substituents is 1. The number of hydrogen-bond donors (Lipinski definition) is 1. The van der Waals surface area contributed by atoms with Crippen molar-refractivity contribution in [3.63, 3.8) is 0 Å². The normalized spacial score (nSPS) is 10.9. The highest BCUT2D eigenvalue weighted by molar-refractivity contribution is 9.10. The van der Waals surface area contributed by atoms with Gasteiger partial charge in [-0.05, 0) is 39.5 Å². The molecule has 0 aliphatic heterocycles. The molecule has 0 aliphatic rings. The van der Waals surface area contributed by atoms with Gasteiger partial charge in [-0.2, -0.15) is 0 Å². The fraction of sp³-hybridized carbons (Fsp3) is 0.111. The SMILES string of the molecule is Oc1cc2sc(CCl)cc2cc1Br. The van der Waals surface area contributed by atoms with Crippen LogP contribution in [0.3, 0.4) is 0 Å². The summed E-state index contributed by atoms with van der Waals surface area (Å²) in [5.41, 5.74) is 0. The lowest BCUT2D eigenvalue weighted by atomic mass is 10.2. The summed E-state index contributed by atoms with van der Waals surface area (Å²) in [6.45, 7) is 0. The van der Waals surface area contributed by atoms with Crippen molar-refractivity contribution >= 4 is 49.0 Å². The van der Waals surface area contributed by atoms with Crippen LogP contribution in [0.15, 0.2) is 22.7 Å². The lowest BCUT2D eigenvalue weighted by Crippen LogP contribution is -1.67. The van der Waals surface area contributed by atoms with E-state index in [2.05, 4.69) is 15.9 Å². The van der Waals surface area contributed by atoms with Crippen molar-refractivity contribution in [2.45, 2.75) is 5.88 Å². The summed E-state index contributed by atoms with van der Waals surface area (Å²) in [6, 6.07) is 5.69. The van der Waals surface area contributed by atoms with Crippen molar-refractivity contribution in [3.05, 3.63) is 27.5 Å². The summed E-state index contributed by atoms with van der Waals surface area (Å²) in [5, 5.41) is 10.5. The zero-order valence-corrected chi connectivity index (χ0v) is 9.71. The lowest BCUT2D eigenvalue weighted by Gasteiger charge is -1.95. The molecule has 0 saturated carbocycles. The van der Waals surface area contributed by atoms with Crippen LogP contribution in [-0.4, -0.2) is 5.11 Å². The van der Waals surface area contributed by atoms with Crippen molar-refractivity contribution < 1.29 is 5.11 Å². The molecule has 2 aromatic rings. The van der Waals surface area contributed by atoms with Gasteiger partial charge in [0.1, 0.15) is 5.75 Å². The summed E-state index contributed by atoms with van der Waals surface area (Å²) in [4.78, 5) is 1.12. The van der Waals surface area contributed by atoms with Gasteiger partial charge in [-0.25, -0.2) is 0 Å². The molecule has 0 atom stereocenters. The topological polar surface area (TPSA) is 20.2 Å². The molecule has 0 aliphatic carbocycles. The van der Waals surface area contributed by atoms with Gasteiger partial charge in [0.25, 0.3) is 0 Å². The molecule has 1 heterocycles. The summed E-state index contributed by atoms with van der Waals surface area (Å²) in [6.07, 6.45) is 0. The van der Waals surface area contributed by atoms with Crippen molar-refractivity contribution in [2.75, 3.05) is 0 Å². The quantitative estimate of drug-likeness (QED) is 0.778. The molecule has 1 aromatic heterocycles. The van der Waals surface area contributed by atoms with Crippen LogP contribution in [0.1, 0.15) is 4.88 Å². The molecule has 0 spiro atoms. The number of fused-ring (bicyclic) bond motifs is 1. The molecule has 0 fully saturated rings. The molecule has 0 bridgehead atoms. The Morgan fingerprint density at radius 3 is 2.85 bits per heavy atom. The molecule has 68 valence electrons. The maximum atomic E-state index is 9.43. The van der Waals surface area contributed by atoms with Gasteiger partial charge in [0.2, 0.25) is 0 Å². The minimum absolute atomic E-state index is 0.274. The first-order valence-electron chi connectivity index (χ1n) is 3.67. The van der Waals surface area contributed by atoms with Crippen LogP contribution in [0.4, 0.5) is 0 Å². The maximum Gasteiger partial charge on any atom is 0.131 e. The van der Waals surface area contributed by atoms with Gasteiger partial charge in [-0.15, -0.1) is 22.9 Å². The van der Waals surface area contributed by atoms with E-state index < -0.39 is 0 Å². The van der Waals surface area contributed by atoms with Gasteiger partial charge >= 0.3 is 0 Å². The van der Waals surface area contributed by atoms with Gasteiger partial charge in [0, 0.05) is 9.58 Å². The highest BCUT2D eigenvalue weighted by atomic mass is 79.9. The van der Waals surface area contributed by atoms with E-state index in [1.807, 2.05) is 12.1 Å². The Kier molecular flexibility index (Phi) is 2.49. The van der Waals surface area contributed by atoms with Gasteiger partial charge in [0.15, 0.2) is 0 Å². The number of aromatic hydroxyl groups is 1. The largest absolute Gasteiger partial charge is 0.507 e. The molecule has 0 radical (unpaired) electrons. The van der Waals surface area contributed by atoms with Crippen molar-refractivity contribution in [1.82, 2.24) is 0 Å². The second kappa shape index (κ2) is 3.48. The van der Waals surface area contributed by atoms with E-state index in [-0.39, 0.29) is 5.75 Å². The van der Waals surface area contributed by atoms with Crippen LogP contribution in [-0.2, 0) is 5.88 Å². The number of hydrogen-bond acceptors (Lipinski definition) is 2. The third-order valence-corrected chi connectivity index (χ3v) is 3.95. The molecular formula is C9H6BrClOS. The molecule has 2 rings (SSSR count). The van der Waals surface area contributed by atoms with Crippen LogP contribution < -0.4 is 0 Å². The first-order valence-corrected chi connectivity index (χ1v) is 5.82. The predicted molar refractivity (Wildman–Crippen MR) is 60.7 cm³/mol. The van der Waals surface area contributed by atoms with Crippen molar-refractivity contribution in [1.29, 1.82) is 0 Å². The van der Waals surface area contributed by atoms with Crippen LogP contribution in [0.2, 0.25) is 0 Å². The zero-order valence-electron chi connectivity index (χ0n) is 6.55. The summed E-state index contributed by atoms with van der Waals surface area (Å²) in [7, 11) is 0. The van der Waals surface area contributed by atoms with Crippen LogP contribution in [0.5, 0.6) is 5.75 Å². The first-order chi connectivity index (χ1) is 6.20. The minimum Gasteiger partial charge on any atom is -0.507 e. The average molecular weight is 278 g/mol. The maximum absolute atomic E-state index is 9.43. The Hall–Kier alpha value is -0.250. The monoisotopic (exact) mass is 276 g/mol. The van der Waals surface area contributed by atoms with Crippen LogP contribution in [0.25, 0.3) is 10.1 Å². The lowest BCUT2D eigenvalue weighted by molar-refractivity contribution is 0.473. The first kappa shape index (κ1) is 9.31. The number of rotatable bonds is 1. The molecule has 0 saturated heterocycles. The summed E-state index contributed by atoms with van der Waals surface area (Å²) >= 11 is 10.6. The third-order valence-electron chi connectivity index (χ3n) is 1.77. The molecular weight excluding hydrogens is 272 g/mol. The summed E-state index contributed by atoms with van der Waals surface area (Å²) in [5.74, 6) is 0.799. The van der Waals surface area contributed by atoms with Gasteiger partial charge < -0.3 is 5.11 Å². The number of benzene rings is 1. The number of alkyl halides is 1. The van der Waals surface area contributed by atoms with Gasteiger partial charge in [-0.3, -0.25) is 0 Å². The Morgan fingerprint density at radius 2 is 2.15 bits per heavy atom. The number of halogens is 2. The standard InChI is InChI=1S/C9H6BrClOS/c10-7-2-5-1-6(4-11)13-9(5)3-8(7)12/h1-3,12H,4H2. The van der Waals surface area contributed by atoms with Crippen LogP contribution >= 0.6 is 38.9 Å². The highest BCUT2D eigenvalue weighted by Crippen LogP contribution is 2.34. The van der Waals surface area contributed by atoms with E-state index in [1.54, 1.807) is 17.4 Å². The zero-order chi connectivity index (χ0) is 9.42. The molecule has 1 nitrogen and oxygen atoms in total. The van der Waals surface area contributed by atoms with Gasteiger partial charge in [0.05, 0.1) is 10.4 Å². The second-order valence-corrected chi connectivity index (χ2v) is 4.98. The fourth-order valence-electron chi connectivity index (χ4n) is 1.17. The van der Waals surface area contributed by atoms with E-state index in [0.29, 0.717) is 5.88 Å². The average Bonchev–Trinajstić information content (AvgIpc) is 2.48. The molecule has 4 heteroatoms. The molecule has 13 heavy (non-hydrogen) atoms. The van der Waals surface area contributed by atoms with E-state index in [9.17, 15) is 5.11 Å². The predicted octanol–water partition coefficient (Wildman–Crippen LogP) is 4.11. The van der Waals surface area contributed by atoms with Crippen LogP contribution in [0, 0.1) is 0 Å². The number of phenols is 1. The number of thiophene rings is 1. The molecule has 0 amide bonds. The van der Waals surface area contributed by atoms with Crippen molar-refractivity contribution in [2.24, 2.45) is 0 Å². The van der Waals surface area contributed by atoms with E-state index in [1.165, 1.54) is 0 Å². The molecule has 0 unspecified atom stereocenters. The third kappa shape index (κ3) is 1.68. The van der Waals surface area contributed by atoms with E-state index >= 15 is 0 Å². The highest BCUT2D eigenvalue weighted by Gasteiger charge is 2.04.